The lowest BCUT2D eigenvalue weighted by molar-refractivity contribution is 0.0635. The number of hydrogen-bond donors (Lipinski definition) is 2. The van der Waals surface area contributed by atoms with Gasteiger partial charge in [0.25, 0.3) is 0 Å². The van der Waals surface area contributed by atoms with E-state index in [4.69, 9.17) is 9.84 Å². The number of carbonyl (C=O) groups is 1. The Morgan fingerprint density at radius 3 is 2.61 bits per heavy atom. The smallest absolute Gasteiger partial charge is 0.412 e. The van der Waals surface area contributed by atoms with Crippen LogP contribution in [0.4, 0.5) is 14.9 Å². The molecule has 6 heteroatoms. The Hall–Kier alpha value is -1.14. The van der Waals surface area contributed by atoms with Gasteiger partial charge in [0.05, 0.1) is 12.3 Å². The molecule has 0 heterocycles. The molecule has 0 saturated heterocycles. The van der Waals surface area contributed by atoms with Crippen LogP contribution in [0.15, 0.2) is 16.6 Å². The number of carbonyl (C=O) groups excluding carboxylic acids is 1. The third-order valence-electron chi connectivity index (χ3n) is 1.98. The Labute approximate surface area is 113 Å². The average Bonchev–Trinajstić information content (AvgIpc) is 2.20. The van der Waals surface area contributed by atoms with Gasteiger partial charge in [-0.05, 0) is 32.9 Å². The molecule has 1 aromatic rings. The minimum atomic E-state index is -0.743. The molecule has 0 bridgehead atoms. The van der Waals surface area contributed by atoms with Gasteiger partial charge in [0.15, 0.2) is 5.82 Å². The van der Waals surface area contributed by atoms with Gasteiger partial charge in [0.2, 0.25) is 0 Å². The summed E-state index contributed by atoms with van der Waals surface area (Å²) in [6.07, 6.45) is -0.743. The third-order valence-corrected chi connectivity index (χ3v) is 2.72. The summed E-state index contributed by atoms with van der Waals surface area (Å²) in [4.78, 5) is 11.5. The topological polar surface area (TPSA) is 58.6 Å². The zero-order chi connectivity index (χ0) is 13.9. The number of aliphatic hydroxyl groups is 1. The summed E-state index contributed by atoms with van der Waals surface area (Å²) in [6, 6.07) is 2.93. The summed E-state index contributed by atoms with van der Waals surface area (Å²) >= 11 is 3.11. The van der Waals surface area contributed by atoms with Crippen molar-refractivity contribution in [2.45, 2.75) is 33.0 Å². The van der Waals surface area contributed by atoms with E-state index in [1.54, 1.807) is 26.8 Å². The fraction of sp³-hybridized carbons (Fsp3) is 0.417. The molecular formula is C12H15BrFNO3. The molecule has 0 fully saturated rings. The Bertz CT molecular complexity index is 457. The molecule has 18 heavy (non-hydrogen) atoms. The van der Waals surface area contributed by atoms with Crippen molar-refractivity contribution in [3.63, 3.8) is 0 Å². The van der Waals surface area contributed by atoms with Crippen molar-refractivity contribution in [3.8, 4) is 0 Å². The lowest BCUT2D eigenvalue weighted by Crippen LogP contribution is -2.27. The number of aliphatic hydroxyl groups excluding tert-OH is 1. The van der Waals surface area contributed by atoms with Gasteiger partial charge < -0.3 is 9.84 Å². The van der Waals surface area contributed by atoms with Gasteiger partial charge in [-0.25, -0.2) is 9.18 Å². The largest absolute Gasteiger partial charge is 0.444 e. The Kier molecular flexibility index (Phi) is 4.70. The highest BCUT2D eigenvalue weighted by molar-refractivity contribution is 9.10. The molecule has 0 saturated carbocycles. The first kappa shape index (κ1) is 14.9. The van der Waals surface area contributed by atoms with Crippen molar-refractivity contribution < 1.29 is 19.0 Å². The van der Waals surface area contributed by atoms with Crippen LogP contribution in [0.5, 0.6) is 0 Å². The SMILES string of the molecule is CC(C)(C)OC(=O)Nc1ccc(Br)c(CO)c1F. The van der Waals surface area contributed by atoms with Crippen LogP contribution in [0.3, 0.4) is 0 Å². The van der Waals surface area contributed by atoms with E-state index < -0.39 is 24.1 Å². The van der Waals surface area contributed by atoms with Crippen LogP contribution < -0.4 is 5.32 Å². The molecule has 1 amide bonds. The lowest BCUT2D eigenvalue weighted by Gasteiger charge is -2.20. The second-order valence-electron chi connectivity index (χ2n) is 4.67. The van der Waals surface area contributed by atoms with Crippen LogP contribution in [-0.4, -0.2) is 16.8 Å². The second kappa shape index (κ2) is 5.67. The first-order chi connectivity index (χ1) is 8.24. The maximum atomic E-state index is 13.9. The highest BCUT2D eigenvalue weighted by Crippen LogP contribution is 2.26. The molecule has 100 valence electrons. The van der Waals surface area contributed by atoms with E-state index in [0.717, 1.165) is 0 Å². The van der Waals surface area contributed by atoms with Crippen molar-refractivity contribution in [2.24, 2.45) is 0 Å². The van der Waals surface area contributed by atoms with Crippen LogP contribution in [0.1, 0.15) is 26.3 Å². The lowest BCUT2D eigenvalue weighted by atomic mass is 10.2. The number of hydrogen-bond acceptors (Lipinski definition) is 3. The van der Waals surface area contributed by atoms with Crippen molar-refractivity contribution in [3.05, 3.63) is 28.0 Å². The maximum Gasteiger partial charge on any atom is 0.412 e. The van der Waals surface area contributed by atoms with E-state index in [-0.39, 0.29) is 11.3 Å². The molecule has 0 aliphatic carbocycles. The van der Waals surface area contributed by atoms with Crippen LogP contribution in [-0.2, 0) is 11.3 Å². The average molecular weight is 320 g/mol. The van der Waals surface area contributed by atoms with E-state index in [0.29, 0.717) is 4.47 Å². The zero-order valence-electron chi connectivity index (χ0n) is 10.4. The maximum absolute atomic E-state index is 13.9. The second-order valence-corrected chi connectivity index (χ2v) is 5.53. The number of nitrogens with one attached hydrogen (secondary N) is 1. The number of amides is 1. The fourth-order valence-corrected chi connectivity index (χ4v) is 1.68. The molecule has 2 N–H and O–H groups in total. The predicted molar refractivity (Wildman–Crippen MR) is 69.9 cm³/mol. The van der Waals surface area contributed by atoms with Gasteiger partial charge in [0.1, 0.15) is 5.60 Å². The van der Waals surface area contributed by atoms with Crippen LogP contribution in [0.25, 0.3) is 0 Å². The number of rotatable bonds is 2. The van der Waals surface area contributed by atoms with E-state index in [1.807, 2.05) is 0 Å². The summed E-state index contributed by atoms with van der Waals surface area (Å²) in [5.74, 6) is -0.683. The number of ether oxygens (including phenoxy) is 1. The Morgan fingerprint density at radius 2 is 2.11 bits per heavy atom. The van der Waals surface area contributed by atoms with E-state index in [1.165, 1.54) is 6.07 Å². The van der Waals surface area contributed by atoms with Gasteiger partial charge in [-0.15, -0.1) is 0 Å². The molecule has 0 aromatic heterocycles. The van der Waals surface area contributed by atoms with Crippen molar-refractivity contribution in [1.82, 2.24) is 0 Å². The molecule has 1 rings (SSSR count). The summed E-state index contributed by atoms with van der Waals surface area (Å²) in [6.45, 7) is 4.67. The summed E-state index contributed by atoms with van der Waals surface area (Å²) in [5, 5.41) is 11.3. The minimum Gasteiger partial charge on any atom is -0.444 e. The van der Waals surface area contributed by atoms with Gasteiger partial charge in [0, 0.05) is 10.0 Å². The van der Waals surface area contributed by atoms with Gasteiger partial charge in [-0.3, -0.25) is 5.32 Å². The molecular weight excluding hydrogens is 305 g/mol. The van der Waals surface area contributed by atoms with Crippen molar-refractivity contribution in [1.29, 1.82) is 0 Å². The van der Waals surface area contributed by atoms with E-state index >= 15 is 0 Å². The molecule has 0 spiro atoms. The molecule has 0 unspecified atom stereocenters. The standard InChI is InChI=1S/C12H15BrFNO3/c1-12(2,3)18-11(17)15-9-5-4-8(13)7(6-16)10(9)14/h4-5,16H,6H2,1-3H3,(H,15,17). The third kappa shape index (κ3) is 3.96. The molecule has 0 atom stereocenters. The number of benzene rings is 1. The van der Waals surface area contributed by atoms with E-state index in [9.17, 15) is 9.18 Å². The Morgan fingerprint density at radius 1 is 1.50 bits per heavy atom. The molecule has 4 nitrogen and oxygen atoms in total. The normalized spacial score (nSPS) is 11.2. The monoisotopic (exact) mass is 319 g/mol. The first-order valence-electron chi connectivity index (χ1n) is 5.32. The minimum absolute atomic E-state index is 0.0310. The summed E-state index contributed by atoms with van der Waals surface area (Å²) < 4.78 is 19.3. The molecule has 0 radical (unpaired) electrons. The molecule has 1 aromatic carbocycles. The zero-order valence-corrected chi connectivity index (χ0v) is 12.0. The highest BCUT2D eigenvalue weighted by atomic mass is 79.9. The quantitative estimate of drug-likeness (QED) is 0.878. The summed E-state index contributed by atoms with van der Waals surface area (Å²) in [5.41, 5.74) is -0.601. The van der Waals surface area contributed by atoms with Crippen LogP contribution >= 0.6 is 15.9 Å². The molecule has 0 aliphatic rings. The van der Waals surface area contributed by atoms with E-state index in [2.05, 4.69) is 21.2 Å². The van der Waals surface area contributed by atoms with Gasteiger partial charge >= 0.3 is 6.09 Å². The van der Waals surface area contributed by atoms with Gasteiger partial charge in [-0.1, -0.05) is 15.9 Å². The molecule has 0 aliphatic heterocycles. The predicted octanol–water partition coefficient (Wildman–Crippen LogP) is 3.43. The first-order valence-corrected chi connectivity index (χ1v) is 6.11. The Balaban J connectivity index is 2.89. The summed E-state index contributed by atoms with van der Waals surface area (Å²) in [7, 11) is 0. The highest BCUT2D eigenvalue weighted by Gasteiger charge is 2.18. The number of anilines is 1. The van der Waals surface area contributed by atoms with Crippen molar-refractivity contribution in [2.75, 3.05) is 5.32 Å². The van der Waals surface area contributed by atoms with Crippen LogP contribution in [0, 0.1) is 5.82 Å². The van der Waals surface area contributed by atoms with Gasteiger partial charge in [-0.2, -0.15) is 0 Å². The fourth-order valence-electron chi connectivity index (χ4n) is 1.25. The van der Waals surface area contributed by atoms with Crippen molar-refractivity contribution >= 4 is 27.7 Å². The van der Waals surface area contributed by atoms with Crippen LogP contribution in [0.2, 0.25) is 0 Å². The number of halogens is 2.